The Morgan fingerprint density at radius 3 is 1.68 bits per heavy atom. The lowest BCUT2D eigenvalue weighted by atomic mass is 10.0. The average Bonchev–Trinajstić information content (AvgIpc) is 2.72. The van der Waals surface area contributed by atoms with Gasteiger partial charge < -0.3 is 29.4 Å². The maximum Gasteiger partial charge on any atom is 0.305 e. The van der Waals surface area contributed by atoms with Gasteiger partial charge in [0, 0.05) is 27.7 Å². The van der Waals surface area contributed by atoms with E-state index in [2.05, 4.69) is 0 Å². The summed E-state index contributed by atoms with van der Waals surface area (Å²) in [5, 5.41) is 0. The van der Waals surface area contributed by atoms with Gasteiger partial charge in [-0.05, 0) is 0 Å². The summed E-state index contributed by atoms with van der Waals surface area (Å²) < 4.78 is 25.1. The molecule has 11 heteroatoms. The van der Waals surface area contributed by atoms with Crippen molar-refractivity contribution in [2.75, 3.05) is 0 Å². The van der Waals surface area contributed by atoms with E-state index in [0.717, 1.165) is 27.7 Å². The molecule has 0 aromatic heterocycles. The lowest BCUT2D eigenvalue weighted by Crippen LogP contribution is -2.50. The Kier molecular flexibility index (Phi) is 6.86. The van der Waals surface area contributed by atoms with Crippen molar-refractivity contribution in [3.05, 3.63) is 0 Å². The van der Waals surface area contributed by atoms with Crippen LogP contribution in [0.1, 0.15) is 27.7 Å². The smallest absolute Gasteiger partial charge is 0.305 e. The van der Waals surface area contributed by atoms with Crippen LogP contribution in [0.15, 0.2) is 0 Å². The van der Waals surface area contributed by atoms with Gasteiger partial charge in [-0.25, -0.2) is 0 Å². The molecule has 0 saturated carbocycles. The number of amides is 1. The molecule has 1 rings (SSSR count). The summed E-state index contributed by atoms with van der Waals surface area (Å²) in [7, 11) is 0. The molecule has 0 aliphatic carbocycles. The van der Waals surface area contributed by atoms with Crippen molar-refractivity contribution in [2.45, 2.75) is 58.4 Å². The number of hydrogen-bond donors (Lipinski definition) is 1. The molecule has 0 radical (unpaired) electrons. The Bertz CT molecular complexity index is 574. The van der Waals surface area contributed by atoms with E-state index in [-0.39, 0.29) is 0 Å². The van der Waals surface area contributed by atoms with Crippen molar-refractivity contribution in [1.29, 1.82) is 0 Å². The van der Waals surface area contributed by atoms with Crippen LogP contribution >= 0.6 is 0 Å². The summed E-state index contributed by atoms with van der Waals surface area (Å²) in [5.41, 5.74) is 5.20. The summed E-state index contributed by atoms with van der Waals surface area (Å²) >= 11 is 0. The second-order valence-corrected chi connectivity index (χ2v) is 5.16. The molecule has 1 aliphatic heterocycles. The van der Waals surface area contributed by atoms with Gasteiger partial charge in [0.25, 0.3) is 5.91 Å². The van der Waals surface area contributed by atoms with Crippen molar-refractivity contribution < 1.29 is 47.7 Å². The third-order valence-corrected chi connectivity index (χ3v) is 2.97. The van der Waals surface area contributed by atoms with Crippen molar-refractivity contribution in [3.63, 3.8) is 0 Å². The van der Waals surface area contributed by atoms with Gasteiger partial charge >= 0.3 is 23.9 Å². The van der Waals surface area contributed by atoms with Crippen LogP contribution < -0.4 is 5.73 Å². The van der Waals surface area contributed by atoms with Crippen LogP contribution in [-0.2, 0) is 47.7 Å². The normalized spacial score (nSPS) is 26.2. The van der Waals surface area contributed by atoms with Crippen molar-refractivity contribution in [3.8, 4) is 0 Å². The van der Waals surface area contributed by atoms with E-state index in [1.54, 1.807) is 0 Å². The predicted octanol–water partition coefficient (Wildman–Crippen LogP) is -1.45. The fraction of sp³-hybridized carbons (Fsp3) is 0.643. The first-order valence-corrected chi connectivity index (χ1v) is 7.16. The van der Waals surface area contributed by atoms with Gasteiger partial charge in [-0.2, -0.15) is 0 Å². The van der Waals surface area contributed by atoms with Gasteiger partial charge in [0.1, 0.15) is 6.10 Å². The van der Waals surface area contributed by atoms with E-state index < -0.39 is 60.5 Å². The van der Waals surface area contributed by atoms with E-state index in [1.165, 1.54) is 0 Å². The number of carbonyl (C=O) groups is 5. The zero-order chi connectivity index (χ0) is 19.3. The highest BCUT2D eigenvalue weighted by Crippen LogP contribution is 2.31. The Hall–Kier alpha value is -2.69. The van der Waals surface area contributed by atoms with Crippen LogP contribution in [0.2, 0.25) is 0 Å². The quantitative estimate of drug-likeness (QED) is 0.438. The molecular weight excluding hydrogens is 342 g/mol. The molecule has 0 aromatic rings. The molecule has 0 aromatic carbocycles. The zero-order valence-electron chi connectivity index (χ0n) is 14.0. The first-order valence-electron chi connectivity index (χ1n) is 7.16. The minimum atomic E-state index is -1.67. The molecule has 2 N–H and O–H groups in total. The molecule has 1 heterocycles. The highest BCUT2D eigenvalue weighted by atomic mass is 16.8. The zero-order valence-corrected chi connectivity index (χ0v) is 14.0. The highest BCUT2D eigenvalue weighted by Gasteiger charge is 2.56. The molecule has 25 heavy (non-hydrogen) atoms. The summed E-state index contributed by atoms with van der Waals surface area (Å²) in [6, 6.07) is 0. The second-order valence-electron chi connectivity index (χ2n) is 5.16. The number of ether oxygens (including phenoxy) is 5. The van der Waals surface area contributed by atoms with Crippen LogP contribution in [-0.4, -0.2) is 60.5 Å². The Balaban J connectivity index is 3.24. The molecule has 0 unspecified atom stereocenters. The molecule has 1 amide bonds. The number of primary amides is 1. The van der Waals surface area contributed by atoms with E-state index >= 15 is 0 Å². The third-order valence-electron chi connectivity index (χ3n) is 2.97. The molecule has 11 nitrogen and oxygen atoms in total. The third kappa shape index (κ3) is 5.71. The minimum absolute atomic E-state index is 0.785. The van der Waals surface area contributed by atoms with Crippen molar-refractivity contribution >= 4 is 29.8 Å². The summed E-state index contributed by atoms with van der Waals surface area (Å²) in [6.45, 7) is 4.23. The first kappa shape index (κ1) is 20.4. The van der Waals surface area contributed by atoms with E-state index in [0.29, 0.717) is 0 Å². The molecule has 1 aliphatic rings. The van der Waals surface area contributed by atoms with Crippen molar-refractivity contribution in [2.24, 2.45) is 5.73 Å². The topological polar surface area (TPSA) is 158 Å². The highest BCUT2D eigenvalue weighted by molar-refractivity contribution is 5.82. The van der Waals surface area contributed by atoms with Crippen LogP contribution in [0.5, 0.6) is 0 Å². The molecule has 0 spiro atoms. The minimum Gasteiger partial charge on any atom is -0.455 e. The molecule has 5 atom stereocenters. The van der Waals surface area contributed by atoms with Crippen LogP contribution in [0, 0.1) is 0 Å². The van der Waals surface area contributed by atoms with Crippen molar-refractivity contribution in [1.82, 2.24) is 0 Å². The standard InChI is InChI=1S/C14H19NO10/c1-5(16)21-10-9(11(13(15)20)22-6(2)17)25-14(24-8(4)19)12(10)23-7(3)18/h9-12,14H,1-4H3,(H2,15,20)/t9-,10-,11-,12+,14-/m0/s1. The maximum absolute atomic E-state index is 11.6. The number of hydrogen-bond acceptors (Lipinski definition) is 10. The lowest BCUT2D eigenvalue weighted by Gasteiger charge is -2.25. The Morgan fingerprint density at radius 2 is 1.28 bits per heavy atom. The van der Waals surface area contributed by atoms with Crippen LogP contribution in [0.3, 0.4) is 0 Å². The van der Waals surface area contributed by atoms with Gasteiger partial charge in [0.2, 0.25) is 18.5 Å². The number of nitrogens with two attached hydrogens (primary N) is 1. The fourth-order valence-corrected chi connectivity index (χ4v) is 2.26. The number of esters is 4. The van der Waals surface area contributed by atoms with Gasteiger partial charge in [-0.15, -0.1) is 0 Å². The lowest BCUT2D eigenvalue weighted by molar-refractivity contribution is -0.201. The SMILES string of the molecule is CC(=O)O[C@H]1O[C@H]([C@H](OC(C)=O)C(N)=O)[C@H](OC(C)=O)[C@H]1OC(C)=O. The predicted molar refractivity (Wildman–Crippen MR) is 76.3 cm³/mol. The van der Waals surface area contributed by atoms with E-state index in [1.807, 2.05) is 0 Å². The fourth-order valence-electron chi connectivity index (χ4n) is 2.26. The Labute approximate surface area is 142 Å². The summed E-state index contributed by atoms with van der Waals surface area (Å²) in [5.74, 6) is -4.32. The average molecular weight is 361 g/mol. The molecule has 1 fully saturated rings. The molecule has 140 valence electrons. The van der Waals surface area contributed by atoms with Gasteiger partial charge in [-0.3, -0.25) is 24.0 Å². The number of rotatable bonds is 6. The molecular formula is C14H19NO10. The second kappa shape index (κ2) is 8.42. The van der Waals surface area contributed by atoms with Gasteiger partial charge in [0.05, 0.1) is 0 Å². The monoisotopic (exact) mass is 361 g/mol. The number of carbonyl (C=O) groups excluding carboxylic acids is 5. The van der Waals surface area contributed by atoms with Crippen LogP contribution in [0.4, 0.5) is 0 Å². The van der Waals surface area contributed by atoms with E-state index in [4.69, 9.17) is 29.4 Å². The largest absolute Gasteiger partial charge is 0.455 e. The summed E-state index contributed by atoms with van der Waals surface area (Å²) in [6.07, 6.45) is -7.39. The molecule has 0 bridgehead atoms. The Morgan fingerprint density at radius 1 is 0.800 bits per heavy atom. The first-order chi connectivity index (χ1) is 11.5. The maximum atomic E-state index is 11.6. The summed E-state index contributed by atoms with van der Waals surface area (Å²) in [4.78, 5) is 56.7. The van der Waals surface area contributed by atoms with E-state index in [9.17, 15) is 24.0 Å². The van der Waals surface area contributed by atoms with Crippen LogP contribution in [0.25, 0.3) is 0 Å². The van der Waals surface area contributed by atoms with Gasteiger partial charge in [0.15, 0.2) is 6.10 Å². The molecule has 1 saturated heterocycles. The van der Waals surface area contributed by atoms with Gasteiger partial charge in [-0.1, -0.05) is 0 Å².